The number of hydrogen-bond acceptors (Lipinski definition) is 7. The minimum Gasteiger partial charge on any atom is -0.481 e. The van der Waals surface area contributed by atoms with E-state index in [0.717, 1.165) is 6.07 Å². The molecule has 2 aromatic heterocycles. The highest BCUT2D eigenvalue weighted by Crippen LogP contribution is 2.27. The summed E-state index contributed by atoms with van der Waals surface area (Å²) in [5, 5.41) is 10.3. The Bertz CT molecular complexity index is 723. The van der Waals surface area contributed by atoms with Gasteiger partial charge < -0.3 is 9.15 Å². The van der Waals surface area contributed by atoms with Gasteiger partial charge in [-0.15, -0.1) is 0 Å². The largest absolute Gasteiger partial charge is 0.481 e. The van der Waals surface area contributed by atoms with Gasteiger partial charge in [0.05, 0.1) is 18.3 Å². The molecule has 0 spiro atoms. The van der Waals surface area contributed by atoms with Crippen LogP contribution < -0.4 is 4.74 Å². The highest BCUT2D eigenvalue weighted by atomic mass is 32.2. The summed E-state index contributed by atoms with van der Waals surface area (Å²) in [6.07, 6.45) is 1.32. The van der Waals surface area contributed by atoms with E-state index in [1.165, 1.54) is 31.6 Å². The van der Waals surface area contributed by atoms with Crippen molar-refractivity contribution in [3.63, 3.8) is 0 Å². The normalized spacial score (nSPS) is 11.2. The highest BCUT2D eigenvalue weighted by molar-refractivity contribution is 7.90. The second-order valence-corrected chi connectivity index (χ2v) is 5.68. The zero-order chi connectivity index (χ0) is 14.8. The molecule has 9 heteroatoms. The summed E-state index contributed by atoms with van der Waals surface area (Å²) in [6.45, 7) is 0. The maximum absolute atomic E-state index is 12.2. The molecule has 0 amide bonds. The molecule has 0 saturated carbocycles. The second kappa shape index (κ2) is 5.29. The molecule has 0 unspecified atom stereocenters. The maximum atomic E-state index is 12.2. The van der Waals surface area contributed by atoms with E-state index >= 15 is 0 Å². The topological polar surface area (TPSA) is 113 Å². The van der Waals surface area contributed by atoms with Gasteiger partial charge in [-0.1, -0.05) is 0 Å². The smallest absolute Gasteiger partial charge is 0.306 e. The van der Waals surface area contributed by atoms with Gasteiger partial charge in [-0.25, -0.2) is 8.42 Å². The van der Waals surface area contributed by atoms with E-state index in [1.54, 1.807) is 0 Å². The third kappa shape index (κ3) is 2.77. The van der Waals surface area contributed by atoms with Crippen molar-refractivity contribution in [2.24, 2.45) is 0 Å². The molecule has 0 aliphatic carbocycles. The maximum Gasteiger partial charge on any atom is 0.306 e. The summed E-state index contributed by atoms with van der Waals surface area (Å²) >= 11 is 0. The van der Waals surface area contributed by atoms with Crippen LogP contribution in [-0.2, 0) is 15.6 Å². The first-order valence-corrected chi connectivity index (χ1v) is 7.04. The van der Waals surface area contributed by atoms with E-state index < -0.39 is 31.2 Å². The summed E-state index contributed by atoms with van der Waals surface area (Å²) in [5.41, 5.74) is -0.600. The van der Waals surface area contributed by atoms with Gasteiger partial charge >= 0.3 is 5.69 Å². The van der Waals surface area contributed by atoms with Crippen molar-refractivity contribution >= 4 is 15.5 Å². The molecule has 0 saturated heterocycles. The summed E-state index contributed by atoms with van der Waals surface area (Å²) in [5.74, 6) is -0.362. The molecule has 8 nitrogen and oxygen atoms in total. The zero-order valence-electron chi connectivity index (χ0n) is 10.3. The first-order valence-electron chi connectivity index (χ1n) is 5.38. The predicted molar refractivity (Wildman–Crippen MR) is 67.0 cm³/mol. The number of nitrogens with zero attached hydrogens (tertiary/aromatic N) is 2. The van der Waals surface area contributed by atoms with E-state index in [0.29, 0.717) is 0 Å². The Morgan fingerprint density at radius 1 is 1.40 bits per heavy atom. The standard InChI is InChI=1S/C11H10N2O6S/c1-18-10-5-4-9(13(14)15)11(12-10)20(16,17)7-8-3-2-6-19-8/h2-6H,7H2,1H3. The molecular formula is C11H10N2O6S. The Hall–Kier alpha value is -2.42. The first-order chi connectivity index (χ1) is 9.44. The highest BCUT2D eigenvalue weighted by Gasteiger charge is 2.29. The van der Waals surface area contributed by atoms with Crippen molar-refractivity contribution < 1.29 is 22.5 Å². The van der Waals surface area contributed by atoms with Crippen LogP contribution in [0, 0.1) is 10.1 Å². The molecule has 0 fully saturated rings. The molecule has 0 N–H and O–H groups in total. The number of sulfone groups is 1. The van der Waals surface area contributed by atoms with Crippen LogP contribution in [0.5, 0.6) is 5.88 Å². The second-order valence-electron chi connectivity index (χ2n) is 3.77. The van der Waals surface area contributed by atoms with E-state index in [9.17, 15) is 18.5 Å². The summed E-state index contributed by atoms with van der Waals surface area (Å²) in [6, 6.07) is 5.26. The van der Waals surface area contributed by atoms with Gasteiger partial charge in [-0.2, -0.15) is 4.98 Å². The third-order valence-electron chi connectivity index (χ3n) is 2.43. The number of rotatable bonds is 5. The molecule has 0 bridgehead atoms. The number of aromatic nitrogens is 1. The summed E-state index contributed by atoms with van der Waals surface area (Å²) in [7, 11) is -2.73. The van der Waals surface area contributed by atoms with Gasteiger partial charge in [-0.3, -0.25) is 10.1 Å². The number of nitro groups is 1. The molecule has 0 aliphatic rings. The Balaban J connectivity index is 2.51. The number of pyridine rings is 1. The van der Waals surface area contributed by atoms with Crippen molar-refractivity contribution in [1.29, 1.82) is 0 Å². The first kappa shape index (κ1) is 14.0. The zero-order valence-corrected chi connectivity index (χ0v) is 11.2. The fraction of sp³-hybridized carbons (Fsp3) is 0.182. The van der Waals surface area contributed by atoms with Gasteiger partial charge in [0.1, 0.15) is 11.5 Å². The molecule has 0 radical (unpaired) electrons. The van der Waals surface area contributed by atoms with Gasteiger partial charge in [0.2, 0.25) is 20.7 Å². The van der Waals surface area contributed by atoms with Gasteiger partial charge in [-0.05, 0) is 12.1 Å². The van der Waals surface area contributed by atoms with Crippen molar-refractivity contribution in [3.8, 4) is 5.88 Å². The molecule has 106 valence electrons. The quantitative estimate of drug-likeness (QED) is 0.608. The van der Waals surface area contributed by atoms with Crippen LogP contribution in [-0.4, -0.2) is 25.4 Å². The minimum absolute atomic E-state index is 0.0198. The average molecular weight is 298 g/mol. The molecule has 2 heterocycles. The van der Waals surface area contributed by atoms with Crippen LogP contribution in [0.15, 0.2) is 40.0 Å². The number of methoxy groups -OCH3 is 1. The lowest BCUT2D eigenvalue weighted by Crippen LogP contribution is -2.10. The van der Waals surface area contributed by atoms with E-state index in [1.807, 2.05) is 0 Å². The monoisotopic (exact) mass is 298 g/mol. The predicted octanol–water partition coefficient (Wildman–Crippen LogP) is 1.57. The van der Waals surface area contributed by atoms with Crippen LogP contribution in [0.1, 0.15) is 5.76 Å². The molecule has 2 rings (SSSR count). The molecule has 2 aromatic rings. The molecule has 0 aliphatic heterocycles. The summed E-state index contributed by atoms with van der Waals surface area (Å²) in [4.78, 5) is 13.8. The Labute approximate surface area is 114 Å². The number of ether oxygens (including phenoxy) is 1. The van der Waals surface area contributed by atoms with Crippen LogP contribution in [0.2, 0.25) is 0 Å². The van der Waals surface area contributed by atoms with Gasteiger partial charge in [0, 0.05) is 12.1 Å². The van der Waals surface area contributed by atoms with Crippen LogP contribution >= 0.6 is 0 Å². The number of furan rings is 1. The number of hydrogen-bond donors (Lipinski definition) is 0. The van der Waals surface area contributed by atoms with Gasteiger partial charge in [0.15, 0.2) is 0 Å². The fourth-order valence-electron chi connectivity index (χ4n) is 1.55. The van der Waals surface area contributed by atoms with Crippen molar-refractivity contribution in [2.45, 2.75) is 10.8 Å². The van der Waals surface area contributed by atoms with Crippen LogP contribution in [0.25, 0.3) is 0 Å². The molecular weight excluding hydrogens is 288 g/mol. The van der Waals surface area contributed by atoms with Crippen LogP contribution in [0.3, 0.4) is 0 Å². The van der Waals surface area contributed by atoms with Crippen molar-refractivity contribution in [3.05, 3.63) is 46.4 Å². The lowest BCUT2D eigenvalue weighted by molar-refractivity contribution is -0.388. The lowest BCUT2D eigenvalue weighted by atomic mass is 10.4. The fourth-order valence-corrected chi connectivity index (χ4v) is 2.91. The Kier molecular flexibility index (Phi) is 3.70. The lowest BCUT2D eigenvalue weighted by Gasteiger charge is -2.05. The van der Waals surface area contributed by atoms with E-state index in [-0.39, 0.29) is 11.6 Å². The SMILES string of the molecule is COc1ccc([N+](=O)[O-])c(S(=O)(=O)Cc2ccco2)n1. The summed E-state index contributed by atoms with van der Waals surface area (Å²) < 4.78 is 34.2. The minimum atomic E-state index is -4.02. The average Bonchev–Trinajstić information content (AvgIpc) is 2.90. The molecule has 0 aromatic carbocycles. The molecule has 20 heavy (non-hydrogen) atoms. The van der Waals surface area contributed by atoms with E-state index in [4.69, 9.17) is 9.15 Å². The van der Waals surface area contributed by atoms with Crippen molar-refractivity contribution in [2.75, 3.05) is 7.11 Å². The Morgan fingerprint density at radius 2 is 2.15 bits per heavy atom. The Morgan fingerprint density at radius 3 is 2.70 bits per heavy atom. The van der Waals surface area contributed by atoms with Crippen molar-refractivity contribution in [1.82, 2.24) is 4.98 Å². The van der Waals surface area contributed by atoms with Crippen LogP contribution in [0.4, 0.5) is 5.69 Å². The van der Waals surface area contributed by atoms with E-state index in [2.05, 4.69) is 4.98 Å². The third-order valence-corrected chi connectivity index (χ3v) is 3.98. The molecule has 0 atom stereocenters. The van der Waals surface area contributed by atoms with Gasteiger partial charge in [0.25, 0.3) is 0 Å².